The molecule has 0 spiro atoms. The fourth-order valence-corrected chi connectivity index (χ4v) is 5.17. The van der Waals surface area contributed by atoms with Crippen LogP contribution in [-0.4, -0.2) is 11.5 Å². The first kappa shape index (κ1) is 24.0. The molecule has 0 fully saturated rings. The summed E-state index contributed by atoms with van der Waals surface area (Å²) >= 11 is 4.09. The average Bonchev–Trinajstić information content (AvgIpc) is 2.66. The van der Waals surface area contributed by atoms with Crippen LogP contribution < -0.4 is 0 Å². The summed E-state index contributed by atoms with van der Waals surface area (Å²) in [5, 5.41) is 0. The van der Waals surface area contributed by atoms with E-state index in [0.717, 1.165) is 0 Å². The quantitative estimate of drug-likeness (QED) is 0.180. The molecule has 0 saturated heterocycles. The number of unbranched alkanes of at least 4 members (excludes halogenated alkanes) is 12. The summed E-state index contributed by atoms with van der Waals surface area (Å²) in [6.45, 7) is 4.58. The van der Waals surface area contributed by atoms with Gasteiger partial charge in [-0.25, -0.2) is 0 Å². The first-order valence-corrected chi connectivity index (χ1v) is 13.2. The van der Waals surface area contributed by atoms with E-state index in [1.165, 1.54) is 111 Å². The van der Waals surface area contributed by atoms with Gasteiger partial charge < -0.3 is 0 Å². The molecule has 26 heavy (non-hydrogen) atoms. The van der Waals surface area contributed by atoms with Gasteiger partial charge in [-0.2, -0.15) is 0 Å². The fourth-order valence-electron chi connectivity index (χ4n) is 3.15. The van der Waals surface area contributed by atoms with E-state index in [1.807, 2.05) is 23.5 Å². The summed E-state index contributed by atoms with van der Waals surface area (Å²) in [5.74, 6) is 2.55. The van der Waals surface area contributed by atoms with E-state index in [2.05, 4.69) is 38.1 Å². The molecule has 1 aromatic rings. The molecule has 1 rings (SSSR count). The van der Waals surface area contributed by atoms with E-state index >= 15 is 0 Å². The van der Waals surface area contributed by atoms with Crippen molar-refractivity contribution in [1.29, 1.82) is 0 Å². The van der Waals surface area contributed by atoms with Gasteiger partial charge >= 0.3 is 0 Å². The van der Waals surface area contributed by atoms with Gasteiger partial charge in [0.1, 0.15) is 0 Å². The van der Waals surface area contributed by atoms with Crippen molar-refractivity contribution < 1.29 is 0 Å². The van der Waals surface area contributed by atoms with Gasteiger partial charge in [0.2, 0.25) is 0 Å². The highest BCUT2D eigenvalue weighted by Gasteiger charge is 1.99. The molecule has 0 atom stereocenters. The number of hydrogen-bond donors (Lipinski definition) is 0. The molecular weight excluding hydrogens is 352 g/mol. The SMILES string of the molecule is CCCCCCCCCSc1cccc(SCCCCCCCCC)c1. The van der Waals surface area contributed by atoms with Gasteiger partial charge in [0.15, 0.2) is 0 Å². The molecule has 0 unspecified atom stereocenters. The standard InChI is InChI=1S/C24H42S2/c1-3-5-7-9-11-13-15-20-25-23-18-17-19-24(22-23)26-21-16-14-12-10-8-6-4-2/h17-19,22H,3-16,20-21H2,1-2H3. The predicted molar refractivity (Wildman–Crippen MR) is 124 cm³/mol. The van der Waals surface area contributed by atoms with E-state index in [0.29, 0.717) is 0 Å². The van der Waals surface area contributed by atoms with E-state index in [1.54, 1.807) is 0 Å². The van der Waals surface area contributed by atoms with Crippen LogP contribution in [0.2, 0.25) is 0 Å². The van der Waals surface area contributed by atoms with Crippen LogP contribution >= 0.6 is 23.5 Å². The molecule has 0 N–H and O–H groups in total. The zero-order valence-corrected chi connectivity index (χ0v) is 19.1. The van der Waals surface area contributed by atoms with Gasteiger partial charge in [-0.3, -0.25) is 0 Å². The lowest BCUT2D eigenvalue weighted by atomic mass is 10.1. The Morgan fingerprint density at radius 3 is 1.35 bits per heavy atom. The molecule has 0 heterocycles. The fraction of sp³-hybridized carbons (Fsp3) is 0.750. The van der Waals surface area contributed by atoms with Crippen LogP contribution in [0.3, 0.4) is 0 Å². The van der Waals surface area contributed by atoms with Crippen LogP contribution in [-0.2, 0) is 0 Å². The Bertz CT molecular complexity index is 381. The molecule has 0 nitrogen and oxygen atoms in total. The molecule has 0 aliphatic rings. The number of rotatable bonds is 18. The highest BCUT2D eigenvalue weighted by molar-refractivity contribution is 8.00. The molecule has 1 aromatic carbocycles. The Morgan fingerprint density at radius 2 is 0.923 bits per heavy atom. The lowest BCUT2D eigenvalue weighted by molar-refractivity contribution is 0.603. The second-order valence-corrected chi connectivity index (χ2v) is 9.75. The zero-order valence-electron chi connectivity index (χ0n) is 17.4. The molecular formula is C24H42S2. The summed E-state index contributed by atoms with van der Waals surface area (Å²) in [6, 6.07) is 9.20. The topological polar surface area (TPSA) is 0 Å². The predicted octanol–water partition coefficient (Wildman–Crippen LogP) is 9.37. The van der Waals surface area contributed by atoms with Crippen LogP contribution in [0.15, 0.2) is 34.1 Å². The van der Waals surface area contributed by atoms with Crippen molar-refractivity contribution in [2.75, 3.05) is 11.5 Å². The molecule has 0 saturated carbocycles. The maximum atomic E-state index is 2.40. The molecule has 0 aliphatic carbocycles. The van der Waals surface area contributed by atoms with Crippen LogP contribution in [0.25, 0.3) is 0 Å². The maximum Gasteiger partial charge on any atom is 0.00830 e. The van der Waals surface area contributed by atoms with Crippen LogP contribution in [0.5, 0.6) is 0 Å². The Kier molecular flexibility index (Phi) is 16.9. The zero-order chi connectivity index (χ0) is 18.7. The van der Waals surface area contributed by atoms with Crippen molar-refractivity contribution in [2.45, 2.75) is 114 Å². The van der Waals surface area contributed by atoms with E-state index in [-0.39, 0.29) is 0 Å². The molecule has 150 valence electrons. The second kappa shape index (κ2) is 18.3. The highest BCUT2D eigenvalue weighted by atomic mass is 32.2. The summed E-state index contributed by atoms with van der Waals surface area (Å²) in [4.78, 5) is 2.92. The average molecular weight is 395 g/mol. The smallest absolute Gasteiger partial charge is 0.00830 e. The van der Waals surface area contributed by atoms with Gasteiger partial charge in [0, 0.05) is 9.79 Å². The molecule has 0 amide bonds. The highest BCUT2D eigenvalue weighted by Crippen LogP contribution is 2.27. The van der Waals surface area contributed by atoms with E-state index in [4.69, 9.17) is 0 Å². The van der Waals surface area contributed by atoms with Crippen molar-refractivity contribution in [3.05, 3.63) is 24.3 Å². The summed E-state index contributed by atoms with van der Waals surface area (Å²) in [5.41, 5.74) is 0. The summed E-state index contributed by atoms with van der Waals surface area (Å²) < 4.78 is 0. The van der Waals surface area contributed by atoms with Crippen molar-refractivity contribution in [3.63, 3.8) is 0 Å². The molecule has 0 bridgehead atoms. The number of thioether (sulfide) groups is 2. The van der Waals surface area contributed by atoms with Crippen molar-refractivity contribution in [2.24, 2.45) is 0 Å². The van der Waals surface area contributed by atoms with Gasteiger partial charge in [-0.1, -0.05) is 97.0 Å². The van der Waals surface area contributed by atoms with Gasteiger partial charge in [0.05, 0.1) is 0 Å². The first-order valence-electron chi connectivity index (χ1n) is 11.2. The molecule has 2 heteroatoms. The molecule has 0 radical (unpaired) electrons. The van der Waals surface area contributed by atoms with Crippen LogP contribution in [0.1, 0.15) is 104 Å². The maximum absolute atomic E-state index is 2.40. The van der Waals surface area contributed by atoms with E-state index in [9.17, 15) is 0 Å². The number of hydrogen-bond acceptors (Lipinski definition) is 2. The number of benzene rings is 1. The lowest BCUT2D eigenvalue weighted by Crippen LogP contribution is -1.85. The van der Waals surface area contributed by atoms with Gasteiger partial charge in [-0.05, 0) is 42.5 Å². The minimum Gasteiger partial charge on any atom is -0.126 e. The summed E-state index contributed by atoms with van der Waals surface area (Å²) in [7, 11) is 0. The third-order valence-corrected chi connectivity index (χ3v) is 7.00. The summed E-state index contributed by atoms with van der Waals surface area (Å²) in [6.07, 6.45) is 19.7. The van der Waals surface area contributed by atoms with E-state index < -0.39 is 0 Å². The second-order valence-electron chi connectivity index (χ2n) is 7.41. The van der Waals surface area contributed by atoms with Gasteiger partial charge in [-0.15, -0.1) is 23.5 Å². The third kappa shape index (κ3) is 14.0. The minimum absolute atomic E-state index is 1.28. The third-order valence-electron chi connectivity index (χ3n) is 4.84. The normalized spacial score (nSPS) is 11.2. The van der Waals surface area contributed by atoms with Crippen LogP contribution in [0.4, 0.5) is 0 Å². The molecule has 0 aliphatic heterocycles. The minimum atomic E-state index is 1.28. The Hall–Kier alpha value is -0.0800. The Balaban J connectivity index is 2.03. The van der Waals surface area contributed by atoms with Crippen molar-refractivity contribution in [1.82, 2.24) is 0 Å². The Morgan fingerprint density at radius 1 is 0.538 bits per heavy atom. The monoisotopic (exact) mass is 394 g/mol. The first-order chi connectivity index (χ1) is 12.9. The largest absolute Gasteiger partial charge is 0.126 e. The van der Waals surface area contributed by atoms with Crippen LogP contribution in [0, 0.1) is 0 Å². The van der Waals surface area contributed by atoms with Gasteiger partial charge in [0.25, 0.3) is 0 Å². The molecule has 0 aromatic heterocycles. The van der Waals surface area contributed by atoms with Crippen molar-refractivity contribution >= 4 is 23.5 Å². The Labute approximate surface area is 172 Å². The van der Waals surface area contributed by atoms with Crippen molar-refractivity contribution in [3.8, 4) is 0 Å². The lowest BCUT2D eigenvalue weighted by Gasteiger charge is -2.06.